The van der Waals surface area contributed by atoms with E-state index < -0.39 is 5.97 Å². The molecule has 1 saturated heterocycles. The van der Waals surface area contributed by atoms with Gasteiger partial charge in [-0.05, 0) is 20.8 Å². The van der Waals surface area contributed by atoms with Gasteiger partial charge >= 0.3 is 5.97 Å². The fourth-order valence-corrected chi connectivity index (χ4v) is 2.94. The summed E-state index contributed by atoms with van der Waals surface area (Å²) in [5.41, 5.74) is 0.334. The molecule has 116 valence electrons. The monoisotopic (exact) mass is 311 g/mol. The third-order valence-corrected chi connectivity index (χ3v) is 4.33. The number of piperazine rings is 1. The lowest BCUT2D eigenvalue weighted by atomic mass is 10.2. The average Bonchev–Trinajstić information content (AvgIpc) is 2.96. The molecule has 0 bridgehead atoms. The van der Waals surface area contributed by atoms with E-state index in [1.165, 1.54) is 0 Å². The molecule has 7 heteroatoms. The molecule has 1 amide bonds. The number of ether oxygens (including phenoxy) is 1. The van der Waals surface area contributed by atoms with Crippen molar-refractivity contribution in [3.8, 4) is 0 Å². The second-order valence-corrected chi connectivity index (χ2v) is 6.04. The van der Waals surface area contributed by atoms with Gasteiger partial charge in [-0.15, -0.1) is 11.3 Å². The molecule has 0 spiro atoms. The maximum absolute atomic E-state index is 12.4. The lowest BCUT2D eigenvalue weighted by molar-refractivity contribution is 0.0525. The largest absolute Gasteiger partial charge is 0.461 e. The average molecular weight is 311 g/mol. The number of carbonyl (C=O) groups excluding carboxylic acids is 2. The molecule has 0 radical (unpaired) electrons. The van der Waals surface area contributed by atoms with Crippen molar-refractivity contribution in [1.29, 1.82) is 0 Å². The van der Waals surface area contributed by atoms with Gasteiger partial charge in [-0.25, -0.2) is 9.78 Å². The topological polar surface area (TPSA) is 62.7 Å². The zero-order chi connectivity index (χ0) is 15.4. The van der Waals surface area contributed by atoms with Crippen LogP contribution in [0.25, 0.3) is 0 Å². The minimum atomic E-state index is -0.467. The number of nitrogens with zero attached hydrogens (tertiary/aromatic N) is 3. The number of hydrogen-bond donors (Lipinski definition) is 0. The Balaban J connectivity index is 1.97. The second-order valence-electron chi connectivity index (χ2n) is 5.18. The lowest BCUT2D eigenvalue weighted by Crippen LogP contribution is -2.50. The number of amides is 1. The summed E-state index contributed by atoms with van der Waals surface area (Å²) in [6, 6.07) is 0.497. The predicted octanol–water partition coefficient (Wildman–Crippen LogP) is 1.49. The summed E-state index contributed by atoms with van der Waals surface area (Å²) < 4.78 is 4.88. The third-order valence-electron chi connectivity index (χ3n) is 3.51. The molecule has 1 aliphatic heterocycles. The molecule has 1 fully saturated rings. The SMILES string of the molecule is CCOC(=O)c1nc(C(=O)N2CCN(C(C)C)CC2)cs1. The Hall–Kier alpha value is -1.47. The number of esters is 1. The molecular formula is C14H21N3O3S. The quantitative estimate of drug-likeness (QED) is 0.788. The van der Waals surface area contributed by atoms with Crippen LogP contribution in [-0.4, -0.2) is 65.5 Å². The van der Waals surface area contributed by atoms with Crippen LogP contribution in [-0.2, 0) is 4.74 Å². The van der Waals surface area contributed by atoms with Crippen molar-refractivity contribution < 1.29 is 14.3 Å². The van der Waals surface area contributed by atoms with Gasteiger partial charge in [0.05, 0.1) is 6.61 Å². The summed E-state index contributed by atoms with van der Waals surface area (Å²) in [6.45, 7) is 9.50. The molecule has 6 nitrogen and oxygen atoms in total. The molecule has 0 saturated carbocycles. The molecule has 1 aromatic rings. The Morgan fingerprint density at radius 2 is 2.00 bits per heavy atom. The van der Waals surface area contributed by atoms with Crippen molar-refractivity contribution in [2.75, 3.05) is 32.8 Å². The standard InChI is InChI=1S/C14H21N3O3S/c1-4-20-14(19)12-15-11(9-21-12)13(18)17-7-5-16(6-8-17)10(2)3/h9-10H,4-8H2,1-3H3. The van der Waals surface area contributed by atoms with E-state index in [4.69, 9.17) is 4.74 Å². The van der Waals surface area contributed by atoms with Gasteiger partial charge in [-0.1, -0.05) is 0 Å². The van der Waals surface area contributed by atoms with E-state index in [2.05, 4.69) is 23.7 Å². The highest BCUT2D eigenvalue weighted by atomic mass is 32.1. The molecule has 0 unspecified atom stereocenters. The maximum atomic E-state index is 12.4. The van der Waals surface area contributed by atoms with Crippen LogP contribution in [0.15, 0.2) is 5.38 Å². The number of hydrogen-bond acceptors (Lipinski definition) is 6. The lowest BCUT2D eigenvalue weighted by Gasteiger charge is -2.36. The van der Waals surface area contributed by atoms with Crippen LogP contribution >= 0.6 is 11.3 Å². The molecule has 0 aromatic carbocycles. The molecule has 0 aliphatic carbocycles. The number of rotatable bonds is 4. The van der Waals surface area contributed by atoms with Crippen molar-refractivity contribution in [3.63, 3.8) is 0 Å². The fraction of sp³-hybridized carbons (Fsp3) is 0.643. The van der Waals surface area contributed by atoms with Gasteiger partial charge in [0.1, 0.15) is 5.69 Å². The molecule has 0 atom stereocenters. The molecule has 21 heavy (non-hydrogen) atoms. The van der Waals surface area contributed by atoms with Gasteiger partial charge in [-0.2, -0.15) is 0 Å². The van der Waals surface area contributed by atoms with Crippen LogP contribution in [0, 0.1) is 0 Å². The minimum Gasteiger partial charge on any atom is -0.461 e. The summed E-state index contributed by atoms with van der Waals surface area (Å²) in [5, 5.41) is 1.87. The Morgan fingerprint density at radius 1 is 1.33 bits per heavy atom. The van der Waals surface area contributed by atoms with Crippen LogP contribution in [0.5, 0.6) is 0 Å². The minimum absolute atomic E-state index is 0.106. The Kier molecular flexibility index (Phi) is 5.30. The van der Waals surface area contributed by atoms with Crippen molar-refractivity contribution >= 4 is 23.2 Å². The number of aromatic nitrogens is 1. The van der Waals surface area contributed by atoms with Gasteiger partial charge in [0.15, 0.2) is 0 Å². The Morgan fingerprint density at radius 3 is 2.57 bits per heavy atom. The first-order chi connectivity index (χ1) is 10.0. The van der Waals surface area contributed by atoms with Gasteiger partial charge in [0.2, 0.25) is 5.01 Å². The van der Waals surface area contributed by atoms with Crippen molar-refractivity contribution in [2.24, 2.45) is 0 Å². The smallest absolute Gasteiger partial charge is 0.367 e. The normalized spacial score (nSPS) is 16.3. The van der Waals surface area contributed by atoms with E-state index in [9.17, 15) is 9.59 Å². The third kappa shape index (κ3) is 3.79. The highest BCUT2D eigenvalue weighted by molar-refractivity contribution is 7.11. The molecule has 2 rings (SSSR count). The zero-order valence-electron chi connectivity index (χ0n) is 12.7. The molecule has 1 aromatic heterocycles. The van der Waals surface area contributed by atoms with E-state index in [1.807, 2.05) is 0 Å². The Labute approximate surface area is 128 Å². The molecule has 2 heterocycles. The number of thiazole rings is 1. The van der Waals surface area contributed by atoms with Crippen LogP contribution in [0.2, 0.25) is 0 Å². The van der Waals surface area contributed by atoms with E-state index in [1.54, 1.807) is 17.2 Å². The van der Waals surface area contributed by atoms with Gasteiger partial charge in [0.25, 0.3) is 5.91 Å². The van der Waals surface area contributed by atoms with Crippen molar-refractivity contribution in [3.05, 3.63) is 16.1 Å². The van der Waals surface area contributed by atoms with E-state index >= 15 is 0 Å². The van der Waals surface area contributed by atoms with Gasteiger partial charge < -0.3 is 9.64 Å². The molecule has 1 aliphatic rings. The Bertz CT molecular complexity index is 507. The van der Waals surface area contributed by atoms with E-state index in [0.29, 0.717) is 31.4 Å². The number of carbonyl (C=O) groups is 2. The highest BCUT2D eigenvalue weighted by Crippen LogP contribution is 2.15. The van der Waals surface area contributed by atoms with Gasteiger partial charge in [-0.3, -0.25) is 9.69 Å². The maximum Gasteiger partial charge on any atom is 0.367 e. The van der Waals surface area contributed by atoms with E-state index in [-0.39, 0.29) is 10.9 Å². The van der Waals surface area contributed by atoms with Crippen LogP contribution in [0.3, 0.4) is 0 Å². The first kappa shape index (κ1) is 15.9. The first-order valence-electron chi connectivity index (χ1n) is 7.19. The van der Waals surface area contributed by atoms with Crippen molar-refractivity contribution in [2.45, 2.75) is 26.8 Å². The fourth-order valence-electron chi connectivity index (χ4n) is 2.26. The van der Waals surface area contributed by atoms with Crippen molar-refractivity contribution in [1.82, 2.24) is 14.8 Å². The highest BCUT2D eigenvalue weighted by Gasteiger charge is 2.25. The second kappa shape index (κ2) is 7.00. The molecule has 0 N–H and O–H groups in total. The van der Waals surface area contributed by atoms with Gasteiger partial charge in [0, 0.05) is 37.6 Å². The summed E-state index contributed by atoms with van der Waals surface area (Å²) in [6.07, 6.45) is 0. The summed E-state index contributed by atoms with van der Waals surface area (Å²) in [4.78, 5) is 32.2. The zero-order valence-corrected chi connectivity index (χ0v) is 13.5. The summed E-state index contributed by atoms with van der Waals surface area (Å²) in [7, 11) is 0. The predicted molar refractivity (Wildman–Crippen MR) is 80.7 cm³/mol. The first-order valence-corrected chi connectivity index (χ1v) is 8.06. The summed E-state index contributed by atoms with van der Waals surface area (Å²) in [5.74, 6) is -0.573. The van der Waals surface area contributed by atoms with Crippen LogP contribution in [0.4, 0.5) is 0 Å². The molecular weight excluding hydrogens is 290 g/mol. The van der Waals surface area contributed by atoms with Crippen LogP contribution in [0.1, 0.15) is 41.1 Å². The van der Waals surface area contributed by atoms with E-state index in [0.717, 1.165) is 24.4 Å². The van der Waals surface area contributed by atoms with Crippen LogP contribution < -0.4 is 0 Å². The summed E-state index contributed by atoms with van der Waals surface area (Å²) >= 11 is 1.15.